The van der Waals surface area contributed by atoms with E-state index in [0.29, 0.717) is 57.1 Å². The minimum atomic E-state index is -4.49. The number of halogens is 3. The highest BCUT2D eigenvalue weighted by Gasteiger charge is 2.32. The lowest BCUT2D eigenvalue weighted by Crippen LogP contribution is -2.51. The van der Waals surface area contributed by atoms with E-state index in [4.69, 9.17) is 4.74 Å². The van der Waals surface area contributed by atoms with Crippen molar-refractivity contribution in [3.05, 3.63) is 52.1 Å². The summed E-state index contributed by atoms with van der Waals surface area (Å²) in [5, 5.41) is 8.17. The largest absolute Gasteiger partial charge is 0.419 e. The second kappa shape index (κ2) is 9.96. The van der Waals surface area contributed by atoms with Crippen molar-refractivity contribution in [3.63, 3.8) is 0 Å². The van der Waals surface area contributed by atoms with Crippen LogP contribution in [0, 0.1) is 6.92 Å². The number of hydrogen-bond donors (Lipinski definition) is 1. The summed E-state index contributed by atoms with van der Waals surface area (Å²) < 4.78 is 44.1. The number of alkyl halides is 3. The number of amides is 1. The summed E-state index contributed by atoms with van der Waals surface area (Å²) in [7, 11) is 0. The van der Waals surface area contributed by atoms with Gasteiger partial charge in [0, 0.05) is 57.0 Å². The molecule has 37 heavy (non-hydrogen) atoms. The SMILES string of the molecule is Cc1ccc2c(=O)[nH]nc(N3CCO[C@@H](CC(=O)N4CCN(c5ncc(C(F)(F)F)cn5)CC4)C3)c2c1. The van der Waals surface area contributed by atoms with Crippen molar-refractivity contribution in [3.8, 4) is 0 Å². The molecule has 0 bridgehead atoms. The van der Waals surface area contributed by atoms with E-state index in [1.54, 1.807) is 15.9 Å². The van der Waals surface area contributed by atoms with Crippen molar-refractivity contribution in [1.82, 2.24) is 25.1 Å². The number of aryl methyl sites for hydroxylation is 1. The van der Waals surface area contributed by atoms with Gasteiger partial charge >= 0.3 is 6.18 Å². The Labute approximate surface area is 210 Å². The fourth-order valence-corrected chi connectivity index (χ4v) is 4.65. The predicted molar refractivity (Wildman–Crippen MR) is 129 cm³/mol. The Morgan fingerprint density at radius 1 is 1.08 bits per heavy atom. The average molecular weight is 518 g/mol. The van der Waals surface area contributed by atoms with Crippen molar-refractivity contribution in [2.75, 3.05) is 55.7 Å². The number of rotatable bonds is 4. The summed E-state index contributed by atoms with van der Waals surface area (Å²) in [5.41, 5.74) is -0.131. The molecular formula is C24H26F3N7O3. The fourth-order valence-electron chi connectivity index (χ4n) is 4.65. The molecule has 1 aromatic carbocycles. The number of carbonyl (C=O) groups excluding carboxylic acids is 1. The number of nitrogens with one attached hydrogen (secondary N) is 1. The lowest BCUT2D eigenvalue weighted by Gasteiger charge is -2.37. The summed E-state index contributed by atoms with van der Waals surface area (Å²) >= 11 is 0. The average Bonchev–Trinajstić information content (AvgIpc) is 2.88. The van der Waals surface area contributed by atoms with Crippen LogP contribution in [-0.2, 0) is 15.7 Å². The van der Waals surface area contributed by atoms with E-state index in [1.165, 1.54) is 0 Å². The third-order valence-corrected chi connectivity index (χ3v) is 6.65. The monoisotopic (exact) mass is 517 g/mol. The van der Waals surface area contributed by atoms with E-state index in [-0.39, 0.29) is 29.9 Å². The van der Waals surface area contributed by atoms with Gasteiger partial charge in [0.05, 0.1) is 30.1 Å². The van der Waals surface area contributed by atoms with Crippen LogP contribution in [-0.4, -0.2) is 83.0 Å². The molecule has 0 spiro atoms. The molecule has 1 atom stereocenters. The highest BCUT2D eigenvalue weighted by Crippen LogP contribution is 2.29. The number of fused-ring (bicyclic) bond motifs is 1. The van der Waals surface area contributed by atoms with E-state index in [9.17, 15) is 22.8 Å². The van der Waals surface area contributed by atoms with Gasteiger partial charge in [0.15, 0.2) is 5.82 Å². The van der Waals surface area contributed by atoms with Crippen molar-refractivity contribution >= 4 is 28.4 Å². The van der Waals surface area contributed by atoms with Gasteiger partial charge in [0.2, 0.25) is 11.9 Å². The molecule has 2 fully saturated rings. The van der Waals surface area contributed by atoms with E-state index in [1.807, 2.05) is 24.0 Å². The third-order valence-electron chi connectivity index (χ3n) is 6.65. The molecule has 4 heterocycles. The van der Waals surface area contributed by atoms with Gasteiger partial charge in [0.25, 0.3) is 5.56 Å². The number of nitrogens with zero attached hydrogens (tertiary/aromatic N) is 6. The molecule has 10 nitrogen and oxygen atoms in total. The zero-order valence-corrected chi connectivity index (χ0v) is 20.2. The van der Waals surface area contributed by atoms with Crippen LogP contribution < -0.4 is 15.4 Å². The van der Waals surface area contributed by atoms with Gasteiger partial charge in [-0.1, -0.05) is 11.6 Å². The molecule has 0 saturated carbocycles. The number of H-pyrrole nitrogens is 1. The topological polar surface area (TPSA) is 108 Å². The van der Waals surface area contributed by atoms with Crippen LogP contribution in [0.15, 0.2) is 35.4 Å². The van der Waals surface area contributed by atoms with Crippen molar-refractivity contribution in [1.29, 1.82) is 0 Å². The molecule has 0 radical (unpaired) electrons. The molecule has 2 aliphatic heterocycles. The molecule has 5 rings (SSSR count). The van der Waals surface area contributed by atoms with Gasteiger partial charge in [-0.3, -0.25) is 9.59 Å². The van der Waals surface area contributed by atoms with Gasteiger partial charge < -0.3 is 19.4 Å². The first kappa shape index (κ1) is 24.9. The van der Waals surface area contributed by atoms with Crippen LogP contribution in [0.1, 0.15) is 17.5 Å². The molecule has 1 N–H and O–H groups in total. The van der Waals surface area contributed by atoms with E-state index >= 15 is 0 Å². The van der Waals surface area contributed by atoms with Crippen molar-refractivity contribution < 1.29 is 22.7 Å². The number of hydrogen-bond acceptors (Lipinski definition) is 8. The Morgan fingerprint density at radius 2 is 1.81 bits per heavy atom. The number of morpholine rings is 1. The van der Waals surface area contributed by atoms with Crippen molar-refractivity contribution in [2.24, 2.45) is 0 Å². The fraction of sp³-hybridized carbons (Fsp3) is 0.458. The zero-order chi connectivity index (χ0) is 26.2. The van der Waals surface area contributed by atoms with Crippen LogP contribution in [0.2, 0.25) is 0 Å². The normalized spacial score (nSPS) is 18.9. The Bertz CT molecular complexity index is 1340. The number of piperazine rings is 1. The second-order valence-corrected chi connectivity index (χ2v) is 9.21. The first-order chi connectivity index (χ1) is 17.7. The van der Waals surface area contributed by atoms with Gasteiger partial charge in [-0.25, -0.2) is 15.1 Å². The molecule has 13 heteroatoms. The highest BCUT2D eigenvalue weighted by molar-refractivity contribution is 5.92. The van der Waals surface area contributed by atoms with Crippen LogP contribution >= 0.6 is 0 Å². The Hall–Kier alpha value is -3.74. The molecule has 0 aliphatic carbocycles. The smallest absolute Gasteiger partial charge is 0.374 e. The maximum absolute atomic E-state index is 13.0. The molecule has 2 saturated heterocycles. The third kappa shape index (κ3) is 5.36. The number of carbonyl (C=O) groups is 1. The summed E-state index contributed by atoms with van der Waals surface area (Å²) in [4.78, 5) is 38.4. The number of aromatic nitrogens is 4. The van der Waals surface area contributed by atoms with Crippen LogP contribution in [0.3, 0.4) is 0 Å². The Kier molecular flexibility index (Phi) is 6.71. The molecular weight excluding hydrogens is 491 g/mol. The summed E-state index contributed by atoms with van der Waals surface area (Å²) in [6, 6.07) is 5.60. The summed E-state index contributed by atoms with van der Waals surface area (Å²) in [6.07, 6.45) is -3.10. The maximum atomic E-state index is 13.0. The Morgan fingerprint density at radius 3 is 2.51 bits per heavy atom. The van der Waals surface area contributed by atoms with Crippen molar-refractivity contribution in [2.45, 2.75) is 25.6 Å². The van der Waals surface area contributed by atoms with Crippen LogP contribution in [0.5, 0.6) is 0 Å². The standard InChI is InChI=1S/C24H26F3N7O3/c1-15-2-3-18-19(10-15)21(30-31-22(18)36)34-8-9-37-17(14-34)11-20(35)32-4-6-33(7-5-32)23-28-12-16(13-29-23)24(25,26)27/h2-3,10,12-13,17H,4-9,11,14H2,1H3,(H,31,36)/t17-/m0/s1. The number of benzene rings is 1. The first-order valence-electron chi connectivity index (χ1n) is 12.0. The molecule has 1 amide bonds. The molecule has 3 aromatic rings. The van der Waals surface area contributed by atoms with E-state index < -0.39 is 11.7 Å². The number of anilines is 2. The van der Waals surface area contributed by atoms with E-state index in [0.717, 1.165) is 23.3 Å². The van der Waals surface area contributed by atoms with Crippen LogP contribution in [0.25, 0.3) is 10.8 Å². The molecule has 2 aliphatic rings. The summed E-state index contributed by atoms with van der Waals surface area (Å²) in [6.45, 7) is 5.06. The lowest BCUT2D eigenvalue weighted by atomic mass is 10.1. The number of aromatic amines is 1. The lowest BCUT2D eigenvalue weighted by molar-refractivity contribution is -0.138. The second-order valence-electron chi connectivity index (χ2n) is 9.21. The predicted octanol–water partition coefficient (Wildman–Crippen LogP) is 1.98. The Balaban J connectivity index is 1.19. The van der Waals surface area contributed by atoms with Crippen LogP contribution in [0.4, 0.5) is 24.9 Å². The minimum Gasteiger partial charge on any atom is -0.374 e. The van der Waals surface area contributed by atoms with Gasteiger partial charge in [-0.2, -0.15) is 18.3 Å². The van der Waals surface area contributed by atoms with E-state index in [2.05, 4.69) is 20.2 Å². The number of ether oxygens (including phenoxy) is 1. The summed E-state index contributed by atoms with van der Waals surface area (Å²) in [5.74, 6) is 0.807. The minimum absolute atomic E-state index is 0.0602. The van der Waals surface area contributed by atoms with Gasteiger partial charge in [-0.05, 0) is 19.1 Å². The quantitative estimate of drug-likeness (QED) is 0.560. The molecule has 2 aromatic heterocycles. The molecule has 0 unspecified atom stereocenters. The zero-order valence-electron chi connectivity index (χ0n) is 20.2. The maximum Gasteiger partial charge on any atom is 0.419 e. The highest BCUT2D eigenvalue weighted by atomic mass is 19.4. The molecule has 196 valence electrons. The van der Waals surface area contributed by atoms with Gasteiger partial charge in [-0.15, -0.1) is 0 Å². The first-order valence-corrected chi connectivity index (χ1v) is 12.0. The van der Waals surface area contributed by atoms with Gasteiger partial charge in [0.1, 0.15) is 0 Å².